The van der Waals surface area contributed by atoms with Gasteiger partial charge in [0.1, 0.15) is 0 Å². The molecule has 0 unspecified atom stereocenters. The summed E-state index contributed by atoms with van der Waals surface area (Å²) in [6, 6.07) is 19.2. The second-order valence-corrected chi connectivity index (χ2v) is 3.30. The highest BCUT2D eigenvalue weighted by molar-refractivity contribution is 5.92. The molecular weight excluding hydrogens is 170 g/mol. The molecule has 65 valence electrons. The van der Waals surface area contributed by atoms with Crippen molar-refractivity contribution in [2.24, 2.45) is 0 Å². The van der Waals surface area contributed by atoms with Gasteiger partial charge in [-0.15, -0.1) is 0 Å². The quantitative estimate of drug-likeness (QED) is 0.482. The molecule has 2 aromatic carbocycles. The van der Waals surface area contributed by atoms with Crippen LogP contribution in [0, 0.1) is 6.07 Å². The molecule has 3 rings (SSSR count). The molecule has 1 heterocycles. The molecule has 1 aromatic heterocycles. The molecule has 0 fully saturated rings. The van der Waals surface area contributed by atoms with Crippen LogP contribution in [0.4, 0.5) is 0 Å². The van der Waals surface area contributed by atoms with Gasteiger partial charge in [0.25, 0.3) is 0 Å². The lowest BCUT2D eigenvalue weighted by molar-refractivity contribution is 1.50. The van der Waals surface area contributed by atoms with Crippen molar-refractivity contribution < 1.29 is 0 Å². The Morgan fingerprint density at radius 1 is 0.929 bits per heavy atom. The van der Waals surface area contributed by atoms with Crippen LogP contribution in [0.3, 0.4) is 0 Å². The van der Waals surface area contributed by atoms with E-state index in [1.165, 1.54) is 5.39 Å². The fraction of sp³-hybridized carbons (Fsp3) is 0. The molecule has 0 amide bonds. The summed E-state index contributed by atoms with van der Waals surface area (Å²) in [4.78, 5) is 4.56. The zero-order valence-electron chi connectivity index (χ0n) is 7.57. The molecule has 0 aliphatic carbocycles. The minimum atomic E-state index is 1.03. The third-order valence-electron chi connectivity index (χ3n) is 2.36. The second-order valence-electron chi connectivity index (χ2n) is 3.30. The van der Waals surface area contributed by atoms with Gasteiger partial charge in [-0.25, -0.2) is 4.98 Å². The Labute approximate surface area is 82.0 Å². The van der Waals surface area contributed by atoms with Crippen molar-refractivity contribution in [1.29, 1.82) is 0 Å². The Balaban J connectivity index is 2.52. The summed E-state index contributed by atoms with van der Waals surface area (Å²) in [5.74, 6) is 0. The van der Waals surface area contributed by atoms with Crippen LogP contribution in [0.1, 0.15) is 0 Å². The van der Waals surface area contributed by atoms with Crippen LogP contribution >= 0.6 is 0 Å². The van der Waals surface area contributed by atoms with Crippen molar-refractivity contribution in [3.63, 3.8) is 0 Å². The Morgan fingerprint density at radius 3 is 2.79 bits per heavy atom. The van der Waals surface area contributed by atoms with E-state index >= 15 is 0 Å². The predicted octanol–water partition coefficient (Wildman–Crippen LogP) is 3.19. The minimum absolute atomic E-state index is 1.03. The van der Waals surface area contributed by atoms with Gasteiger partial charge in [-0.2, -0.15) is 0 Å². The normalized spacial score (nSPS) is 10.9. The Morgan fingerprint density at radius 2 is 1.79 bits per heavy atom. The SMILES string of the molecule is [c]1ccc2nc3ccccc3cc2c1. The lowest BCUT2D eigenvalue weighted by Gasteiger charge is -1.99. The molecule has 0 atom stereocenters. The van der Waals surface area contributed by atoms with Gasteiger partial charge in [0.2, 0.25) is 0 Å². The highest BCUT2D eigenvalue weighted by Crippen LogP contribution is 2.18. The van der Waals surface area contributed by atoms with Crippen LogP contribution in [0.2, 0.25) is 0 Å². The summed E-state index contributed by atoms with van der Waals surface area (Å²) in [6.45, 7) is 0. The Bertz CT molecular complexity index is 494. The smallest absolute Gasteiger partial charge is 0.0710 e. The number of para-hydroxylation sites is 1. The maximum absolute atomic E-state index is 4.56. The van der Waals surface area contributed by atoms with Gasteiger partial charge in [0.05, 0.1) is 11.0 Å². The lowest BCUT2D eigenvalue weighted by atomic mass is 10.1. The number of benzene rings is 2. The number of pyridine rings is 1. The molecule has 0 N–H and O–H groups in total. The van der Waals surface area contributed by atoms with E-state index < -0.39 is 0 Å². The van der Waals surface area contributed by atoms with Gasteiger partial charge in [-0.05, 0) is 30.3 Å². The maximum Gasteiger partial charge on any atom is 0.0710 e. The monoisotopic (exact) mass is 178 g/mol. The number of rotatable bonds is 0. The van der Waals surface area contributed by atoms with Gasteiger partial charge < -0.3 is 0 Å². The Kier molecular flexibility index (Phi) is 1.51. The average molecular weight is 178 g/mol. The molecule has 0 spiro atoms. The van der Waals surface area contributed by atoms with Crippen molar-refractivity contribution in [3.05, 3.63) is 54.6 Å². The van der Waals surface area contributed by atoms with E-state index in [9.17, 15) is 0 Å². The zero-order chi connectivity index (χ0) is 9.38. The van der Waals surface area contributed by atoms with Crippen molar-refractivity contribution in [3.8, 4) is 0 Å². The van der Waals surface area contributed by atoms with Crippen LogP contribution in [-0.2, 0) is 0 Å². The zero-order valence-corrected chi connectivity index (χ0v) is 7.57. The first-order valence-electron chi connectivity index (χ1n) is 4.59. The molecule has 1 nitrogen and oxygen atoms in total. The minimum Gasteiger partial charge on any atom is -0.248 e. The number of nitrogens with zero attached hydrogens (tertiary/aromatic N) is 1. The highest BCUT2D eigenvalue weighted by Gasteiger charge is 1.96. The van der Waals surface area contributed by atoms with E-state index in [1.807, 2.05) is 36.4 Å². The number of fused-ring (bicyclic) bond motifs is 2. The predicted molar refractivity (Wildman–Crippen MR) is 58.1 cm³/mol. The molecule has 14 heavy (non-hydrogen) atoms. The van der Waals surface area contributed by atoms with Crippen LogP contribution < -0.4 is 0 Å². The van der Waals surface area contributed by atoms with Crippen molar-refractivity contribution >= 4 is 21.8 Å². The largest absolute Gasteiger partial charge is 0.248 e. The molecule has 0 aliphatic heterocycles. The van der Waals surface area contributed by atoms with Gasteiger partial charge in [0.15, 0.2) is 0 Å². The third-order valence-corrected chi connectivity index (χ3v) is 2.36. The number of hydrogen-bond donors (Lipinski definition) is 0. The van der Waals surface area contributed by atoms with Crippen LogP contribution in [0.5, 0.6) is 0 Å². The first-order chi connectivity index (χ1) is 6.93. The summed E-state index contributed by atoms with van der Waals surface area (Å²) in [6.07, 6.45) is 0. The van der Waals surface area contributed by atoms with Crippen molar-refractivity contribution in [2.75, 3.05) is 0 Å². The first kappa shape index (κ1) is 7.51. The molecule has 0 saturated carbocycles. The number of aromatic nitrogens is 1. The molecule has 0 saturated heterocycles. The lowest BCUT2D eigenvalue weighted by Crippen LogP contribution is -1.80. The van der Waals surface area contributed by atoms with E-state index in [2.05, 4.69) is 23.2 Å². The summed E-state index contributed by atoms with van der Waals surface area (Å²) >= 11 is 0. The van der Waals surface area contributed by atoms with E-state index in [4.69, 9.17) is 0 Å². The summed E-state index contributed by atoms with van der Waals surface area (Å²) < 4.78 is 0. The number of hydrogen-bond acceptors (Lipinski definition) is 1. The average Bonchev–Trinajstić information content (AvgIpc) is 2.26. The summed E-state index contributed by atoms with van der Waals surface area (Å²) in [7, 11) is 0. The second kappa shape index (κ2) is 2.81. The van der Waals surface area contributed by atoms with Gasteiger partial charge in [-0.1, -0.05) is 24.3 Å². The third kappa shape index (κ3) is 1.06. The summed E-state index contributed by atoms with van der Waals surface area (Å²) in [5, 5.41) is 2.32. The van der Waals surface area contributed by atoms with Crippen LogP contribution in [0.15, 0.2) is 48.5 Å². The Hall–Kier alpha value is -1.89. The molecule has 0 bridgehead atoms. The maximum atomic E-state index is 4.56. The molecule has 1 radical (unpaired) electrons. The summed E-state index contributed by atoms with van der Waals surface area (Å²) in [5.41, 5.74) is 2.08. The first-order valence-corrected chi connectivity index (χ1v) is 4.59. The standard InChI is InChI=1S/C13H8N/c1-3-7-12-10(5-1)9-11-6-2-4-8-13(11)14-12/h1,3-9H. The van der Waals surface area contributed by atoms with Crippen LogP contribution in [-0.4, -0.2) is 4.98 Å². The fourth-order valence-corrected chi connectivity index (χ4v) is 1.66. The molecular formula is C13H8N. The highest BCUT2D eigenvalue weighted by atomic mass is 14.7. The van der Waals surface area contributed by atoms with Crippen molar-refractivity contribution in [1.82, 2.24) is 4.98 Å². The molecule has 3 aromatic rings. The van der Waals surface area contributed by atoms with Crippen molar-refractivity contribution in [2.45, 2.75) is 0 Å². The van der Waals surface area contributed by atoms with E-state index in [0.29, 0.717) is 0 Å². The fourth-order valence-electron chi connectivity index (χ4n) is 1.66. The van der Waals surface area contributed by atoms with Crippen LogP contribution in [0.25, 0.3) is 21.8 Å². The van der Waals surface area contributed by atoms with Gasteiger partial charge in [0, 0.05) is 10.8 Å². The van der Waals surface area contributed by atoms with E-state index in [1.54, 1.807) is 0 Å². The van der Waals surface area contributed by atoms with E-state index in [-0.39, 0.29) is 0 Å². The van der Waals surface area contributed by atoms with Gasteiger partial charge in [-0.3, -0.25) is 0 Å². The van der Waals surface area contributed by atoms with E-state index in [0.717, 1.165) is 16.4 Å². The molecule has 0 aliphatic rings. The van der Waals surface area contributed by atoms with Gasteiger partial charge >= 0.3 is 0 Å². The topological polar surface area (TPSA) is 12.9 Å². The molecule has 1 heteroatoms.